The van der Waals surface area contributed by atoms with Gasteiger partial charge in [-0.2, -0.15) is 0 Å². The third-order valence-electron chi connectivity index (χ3n) is 1.90. The Morgan fingerprint density at radius 2 is 2.25 bits per heavy atom. The minimum atomic E-state index is -0.923. The standard InChI is InChI=1S/C9H11N3O4/c10-7-5-6(12(15)16)1-2-8(7)11-4-3-9(13)14/h1-2,5,11H,3-4,10H2,(H,13,14). The summed E-state index contributed by atoms with van der Waals surface area (Å²) in [4.78, 5) is 20.1. The van der Waals surface area contributed by atoms with Crippen molar-refractivity contribution in [3.05, 3.63) is 28.3 Å². The first-order valence-electron chi connectivity index (χ1n) is 4.50. The summed E-state index contributed by atoms with van der Waals surface area (Å²) in [5.74, 6) is -0.923. The molecule has 1 aromatic rings. The molecule has 16 heavy (non-hydrogen) atoms. The van der Waals surface area contributed by atoms with Gasteiger partial charge < -0.3 is 16.2 Å². The van der Waals surface area contributed by atoms with Crippen molar-refractivity contribution in [3.63, 3.8) is 0 Å². The molecule has 0 saturated heterocycles. The fourth-order valence-electron chi connectivity index (χ4n) is 1.13. The minimum absolute atomic E-state index is 0.0452. The number of nitrogens with zero attached hydrogens (tertiary/aromatic N) is 1. The van der Waals surface area contributed by atoms with E-state index >= 15 is 0 Å². The van der Waals surface area contributed by atoms with Gasteiger partial charge in [0.05, 0.1) is 22.7 Å². The summed E-state index contributed by atoms with van der Waals surface area (Å²) in [5.41, 5.74) is 6.18. The molecule has 4 N–H and O–H groups in total. The van der Waals surface area contributed by atoms with Crippen LogP contribution in [0.15, 0.2) is 18.2 Å². The normalized spacial score (nSPS) is 9.75. The fraction of sp³-hybridized carbons (Fsp3) is 0.222. The molecule has 0 bridgehead atoms. The van der Waals surface area contributed by atoms with Gasteiger partial charge in [-0.25, -0.2) is 0 Å². The number of benzene rings is 1. The Morgan fingerprint density at radius 1 is 1.56 bits per heavy atom. The number of non-ortho nitro benzene ring substituents is 1. The van der Waals surface area contributed by atoms with Gasteiger partial charge in [-0.3, -0.25) is 14.9 Å². The van der Waals surface area contributed by atoms with Crippen molar-refractivity contribution in [2.45, 2.75) is 6.42 Å². The summed E-state index contributed by atoms with van der Waals surface area (Å²) in [6.45, 7) is 0.220. The molecular formula is C9H11N3O4. The number of carboxylic acid groups (broad SMARTS) is 1. The van der Waals surface area contributed by atoms with Gasteiger partial charge in [0.1, 0.15) is 0 Å². The molecule has 7 nitrogen and oxygen atoms in total. The number of anilines is 2. The predicted octanol–water partition coefficient (Wildman–Crippen LogP) is 1.06. The summed E-state index contributed by atoms with van der Waals surface area (Å²) in [5, 5.41) is 21.6. The molecule has 0 atom stereocenters. The second-order valence-corrected chi connectivity index (χ2v) is 3.10. The largest absolute Gasteiger partial charge is 0.481 e. The van der Waals surface area contributed by atoms with Crippen molar-refractivity contribution in [1.29, 1.82) is 0 Å². The lowest BCUT2D eigenvalue weighted by molar-refractivity contribution is -0.384. The number of nitro groups is 1. The Hall–Kier alpha value is -2.31. The van der Waals surface area contributed by atoms with Crippen LogP contribution in [0, 0.1) is 10.1 Å². The van der Waals surface area contributed by atoms with Gasteiger partial charge in [0.2, 0.25) is 0 Å². The number of nitro benzene ring substituents is 1. The Kier molecular flexibility index (Phi) is 3.65. The SMILES string of the molecule is Nc1cc([N+](=O)[O-])ccc1NCCC(=O)O. The van der Waals surface area contributed by atoms with Crippen LogP contribution in [-0.4, -0.2) is 22.5 Å². The molecule has 86 valence electrons. The lowest BCUT2D eigenvalue weighted by atomic mass is 10.2. The number of carbonyl (C=O) groups is 1. The molecule has 0 amide bonds. The maximum absolute atomic E-state index is 10.4. The minimum Gasteiger partial charge on any atom is -0.481 e. The van der Waals surface area contributed by atoms with Crippen LogP contribution in [0.3, 0.4) is 0 Å². The Morgan fingerprint density at radius 3 is 2.75 bits per heavy atom. The number of carboxylic acids is 1. The Labute approximate surface area is 91.0 Å². The zero-order valence-electron chi connectivity index (χ0n) is 8.34. The van der Waals surface area contributed by atoms with Gasteiger partial charge >= 0.3 is 5.97 Å². The van der Waals surface area contributed by atoms with E-state index in [2.05, 4.69) is 5.32 Å². The maximum Gasteiger partial charge on any atom is 0.305 e. The second-order valence-electron chi connectivity index (χ2n) is 3.10. The fourth-order valence-corrected chi connectivity index (χ4v) is 1.13. The molecule has 0 spiro atoms. The van der Waals surface area contributed by atoms with Crippen molar-refractivity contribution in [2.24, 2.45) is 0 Å². The van der Waals surface area contributed by atoms with Crippen LogP contribution in [0.4, 0.5) is 17.1 Å². The van der Waals surface area contributed by atoms with Crippen molar-refractivity contribution < 1.29 is 14.8 Å². The summed E-state index contributed by atoms with van der Waals surface area (Å²) in [7, 11) is 0. The monoisotopic (exact) mass is 225 g/mol. The number of nitrogens with one attached hydrogen (secondary N) is 1. The molecule has 0 aliphatic rings. The molecule has 7 heteroatoms. The first kappa shape index (κ1) is 11.8. The predicted molar refractivity (Wildman–Crippen MR) is 58.3 cm³/mol. The quantitative estimate of drug-likeness (QED) is 0.391. The number of nitrogens with two attached hydrogens (primary N) is 1. The van der Waals surface area contributed by atoms with Gasteiger partial charge in [-0.1, -0.05) is 0 Å². The van der Waals surface area contributed by atoms with E-state index < -0.39 is 10.9 Å². The van der Waals surface area contributed by atoms with Crippen LogP contribution in [-0.2, 0) is 4.79 Å². The van der Waals surface area contributed by atoms with E-state index in [1.54, 1.807) is 0 Å². The van der Waals surface area contributed by atoms with Crippen molar-refractivity contribution >= 4 is 23.0 Å². The van der Waals surface area contributed by atoms with E-state index in [0.717, 1.165) is 0 Å². The number of hydrogen-bond donors (Lipinski definition) is 3. The van der Waals surface area contributed by atoms with Crippen LogP contribution >= 0.6 is 0 Å². The van der Waals surface area contributed by atoms with Crippen LogP contribution in [0.1, 0.15) is 6.42 Å². The zero-order valence-corrected chi connectivity index (χ0v) is 8.34. The molecule has 0 fully saturated rings. The van der Waals surface area contributed by atoms with Crippen molar-refractivity contribution in [1.82, 2.24) is 0 Å². The van der Waals surface area contributed by atoms with Crippen LogP contribution in [0.5, 0.6) is 0 Å². The molecule has 1 rings (SSSR count). The Bertz CT molecular complexity index is 419. The van der Waals surface area contributed by atoms with E-state index in [4.69, 9.17) is 10.8 Å². The first-order valence-corrected chi connectivity index (χ1v) is 4.50. The zero-order chi connectivity index (χ0) is 12.1. The molecule has 0 heterocycles. The lowest BCUT2D eigenvalue weighted by Gasteiger charge is -2.07. The smallest absolute Gasteiger partial charge is 0.305 e. The third-order valence-corrected chi connectivity index (χ3v) is 1.90. The summed E-state index contributed by atoms with van der Waals surface area (Å²) in [6.07, 6.45) is -0.0452. The van der Waals surface area contributed by atoms with E-state index in [1.165, 1.54) is 18.2 Å². The number of rotatable bonds is 5. The molecule has 0 aliphatic heterocycles. The van der Waals surface area contributed by atoms with Gasteiger partial charge in [-0.15, -0.1) is 0 Å². The van der Waals surface area contributed by atoms with Gasteiger partial charge in [0.25, 0.3) is 5.69 Å². The van der Waals surface area contributed by atoms with Crippen molar-refractivity contribution in [2.75, 3.05) is 17.6 Å². The molecule has 0 aliphatic carbocycles. The van der Waals surface area contributed by atoms with Crippen LogP contribution in [0.2, 0.25) is 0 Å². The summed E-state index contributed by atoms with van der Waals surface area (Å²) >= 11 is 0. The second kappa shape index (κ2) is 4.96. The van der Waals surface area contributed by atoms with E-state index in [0.29, 0.717) is 5.69 Å². The summed E-state index contributed by atoms with van der Waals surface area (Å²) in [6, 6.07) is 3.98. The van der Waals surface area contributed by atoms with Crippen LogP contribution < -0.4 is 11.1 Å². The topological polar surface area (TPSA) is 118 Å². The van der Waals surface area contributed by atoms with Gasteiger partial charge in [-0.05, 0) is 6.07 Å². The Balaban J connectivity index is 2.68. The first-order chi connectivity index (χ1) is 7.50. The number of aliphatic carboxylic acids is 1. The third kappa shape index (κ3) is 3.12. The highest BCUT2D eigenvalue weighted by Gasteiger charge is 2.08. The molecule has 0 unspecified atom stereocenters. The maximum atomic E-state index is 10.4. The van der Waals surface area contributed by atoms with E-state index in [1.807, 2.05) is 0 Å². The lowest BCUT2D eigenvalue weighted by Crippen LogP contribution is -2.09. The van der Waals surface area contributed by atoms with Crippen molar-refractivity contribution in [3.8, 4) is 0 Å². The highest BCUT2D eigenvalue weighted by molar-refractivity contribution is 5.71. The van der Waals surface area contributed by atoms with E-state index in [-0.39, 0.29) is 24.3 Å². The van der Waals surface area contributed by atoms with Gasteiger partial charge in [0.15, 0.2) is 0 Å². The average Bonchev–Trinajstić information content (AvgIpc) is 2.19. The van der Waals surface area contributed by atoms with Crippen LogP contribution in [0.25, 0.3) is 0 Å². The molecule has 0 radical (unpaired) electrons. The summed E-state index contributed by atoms with van der Waals surface area (Å²) < 4.78 is 0. The number of hydrogen-bond acceptors (Lipinski definition) is 5. The molecule has 0 aromatic heterocycles. The van der Waals surface area contributed by atoms with E-state index in [9.17, 15) is 14.9 Å². The highest BCUT2D eigenvalue weighted by atomic mass is 16.6. The molecule has 0 saturated carbocycles. The average molecular weight is 225 g/mol. The molecule has 1 aromatic carbocycles. The molecular weight excluding hydrogens is 214 g/mol. The number of nitrogen functional groups attached to an aromatic ring is 1. The van der Waals surface area contributed by atoms with Gasteiger partial charge in [0, 0.05) is 18.7 Å². The highest BCUT2D eigenvalue weighted by Crippen LogP contribution is 2.23.